The van der Waals surface area contributed by atoms with E-state index in [4.69, 9.17) is 27.9 Å². The SMILES string of the molecule is CC(C)(C)OC(=O)NCC(=O)n1ccc2cc(C=CC(c3cc(Cl)c(F)c(Cl)c3)C(F)(F)F)ccc21. The van der Waals surface area contributed by atoms with Crippen LogP contribution >= 0.6 is 23.2 Å². The van der Waals surface area contributed by atoms with E-state index in [1.807, 2.05) is 0 Å². The fourth-order valence-corrected chi connectivity index (χ4v) is 3.90. The number of carbonyl (C=O) groups is 2. The topological polar surface area (TPSA) is 60.3 Å². The molecule has 0 spiro atoms. The van der Waals surface area contributed by atoms with Crippen LogP contribution in [0.4, 0.5) is 22.4 Å². The summed E-state index contributed by atoms with van der Waals surface area (Å²) in [4.78, 5) is 24.3. The lowest BCUT2D eigenvalue weighted by atomic mass is 9.97. The summed E-state index contributed by atoms with van der Waals surface area (Å²) in [7, 11) is 0. The molecule has 0 saturated heterocycles. The molecule has 0 aliphatic rings. The smallest absolute Gasteiger partial charge is 0.408 e. The molecule has 1 atom stereocenters. The molecule has 0 fully saturated rings. The molecule has 36 heavy (non-hydrogen) atoms. The molecule has 0 aliphatic heterocycles. The van der Waals surface area contributed by atoms with Gasteiger partial charge in [-0.1, -0.05) is 41.4 Å². The number of allylic oxidation sites excluding steroid dienone is 1. The van der Waals surface area contributed by atoms with E-state index in [0.717, 1.165) is 18.2 Å². The minimum absolute atomic E-state index is 0.300. The first-order valence-electron chi connectivity index (χ1n) is 10.7. The number of amides is 1. The van der Waals surface area contributed by atoms with E-state index in [0.29, 0.717) is 16.5 Å². The summed E-state index contributed by atoms with van der Waals surface area (Å²) in [5, 5.41) is 1.97. The Kier molecular flexibility index (Phi) is 8.05. The van der Waals surface area contributed by atoms with Crippen LogP contribution < -0.4 is 5.32 Å². The average molecular weight is 545 g/mol. The van der Waals surface area contributed by atoms with Crippen molar-refractivity contribution in [3.63, 3.8) is 0 Å². The molecule has 0 bridgehead atoms. The first kappa shape index (κ1) is 27.5. The number of benzene rings is 2. The third-order valence-corrected chi connectivity index (χ3v) is 5.51. The molecule has 11 heteroatoms. The van der Waals surface area contributed by atoms with Gasteiger partial charge in [-0.3, -0.25) is 9.36 Å². The number of hydrogen-bond acceptors (Lipinski definition) is 3. The standard InChI is InChI=1S/C25H22Cl2F4N2O3/c1-24(2,3)36-23(35)32-13-21(34)33-9-8-15-10-14(5-7-20(15)33)4-6-17(25(29,30)31)16-11-18(26)22(28)19(27)12-16/h4-12,17H,13H2,1-3H3,(H,32,35). The molecule has 1 unspecified atom stereocenters. The van der Waals surface area contributed by atoms with Crippen LogP contribution in [0.5, 0.6) is 0 Å². The lowest BCUT2D eigenvalue weighted by Gasteiger charge is -2.19. The second-order valence-corrected chi connectivity index (χ2v) is 9.74. The predicted octanol–water partition coefficient (Wildman–Crippen LogP) is 7.61. The highest BCUT2D eigenvalue weighted by Gasteiger charge is 2.39. The molecule has 0 radical (unpaired) electrons. The Morgan fingerprint density at radius 1 is 1.08 bits per heavy atom. The quantitative estimate of drug-likeness (QED) is 0.265. The average Bonchev–Trinajstić information content (AvgIpc) is 3.17. The van der Waals surface area contributed by atoms with Crippen molar-refractivity contribution in [2.75, 3.05) is 6.54 Å². The van der Waals surface area contributed by atoms with Gasteiger partial charge in [0.1, 0.15) is 12.1 Å². The zero-order valence-corrected chi connectivity index (χ0v) is 20.9. The number of hydrogen-bond donors (Lipinski definition) is 1. The molecule has 2 aromatic carbocycles. The number of fused-ring (bicyclic) bond motifs is 1. The van der Waals surface area contributed by atoms with Crippen LogP contribution in [-0.2, 0) is 4.74 Å². The maximum Gasteiger partial charge on any atom is 0.408 e. The van der Waals surface area contributed by atoms with E-state index >= 15 is 0 Å². The predicted molar refractivity (Wildman–Crippen MR) is 131 cm³/mol. The van der Waals surface area contributed by atoms with E-state index in [2.05, 4.69) is 5.32 Å². The third kappa shape index (κ3) is 6.79. The molecule has 3 aromatic rings. The van der Waals surface area contributed by atoms with E-state index in [1.54, 1.807) is 45.0 Å². The van der Waals surface area contributed by atoms with Gasteiger partial charge in [0, 0.05) is 11.6 Å². The molecule has 5 nitrogen and oxygen atoms in total. The number of halogens is 6. The van der Waals surface area contributed by atoms with Gasteiger partial charge in [0.15, 0.2) is 5.82 Å². The number of nitrogens with one attached hydrogen (secondary N) is 1. The Morgan fingerprint density at radius 2 is 1.72 bits per heavy atom. The van der Waals surface area contributed by atoms with Crippen molar-refractivity contribution in [3.05, 3.63) is 75.7 Å². The first-order chi connectivity index (χ1) is 16.7. The molecule has 0 aliphatic carbocycles. The summed E-state index contributed by atoms with van der Waals surface area (Å²) in [6.45, 7) is 4.78. The van der Waals surface area contributed by atoms with Crippen LogP contribution in [-0.4, -0.2) is 34.9 Å². The number of carbonyl (C=O) groups excluding carboxylic acids is 2. The zero-order chi connectivity index (χ0) is 26.8. The summed E-state index contributed by atoms with van der Waals surface area (Å²) in [6.07, 6.45) is -1.72. The summed E-state index contributed by atoms with van der Waals surface area (Å²) < 4.78 is 61.3. The fourth-order valence-electron chi connectivity index (χ4n) is 3.40. The maximum absolute atomic E-state index is 13.7. The lowest BCUT2D eigenvalue weighted by Crippen LogP contribution is -2.36. The van der Waals surface area contributed by atoms with E-state index in [9.17, 15) is 27.2 Å². The molecule has 1 amide bonds. The van der Waals surface area contributed by atoms with Gasteiger partial charge in [-0.05, 0) is 62.2 Å². The highest BCUT2D eigenvalue weighted by atomic mass is 35.5. The van der Waals surface area contributed by atoms with Gasteiger partial charge in [-0.2, -0.15) is 13.2 Å². The largest absolute Gasteiger partial charge is 0.444 e. The Morgan fingerprint density at radius 3 is 2.31 bits per heavy atom. The maximum atomic E-state index is 13.7. The van der Waals surface area contributed by atoms with Crippen molar-refractivity contribution in [1.29, 1.82) is 0 Å². The van der Waals surface area contributed by atoms with Crippen LogP contribution in [0, 0.1) is 5.82 Å². The third-order valence-electron chi connectivity index (χ3n) is 4.96. The minimum Gasteiger partial charge on any atom is -0.444 e. The zero-order valence-electron chi connectivity index (χ0n) is 19.4. The Hall–Kier alpha value is -3.04. The van der Waals surface area contributed by atoms with Crippen LogP contribution in [0.25, 0.3) is 17.0 Å². The van der Waals surface area contributed by atoms with Gasteiger partial charge in [0.25, 0.3) is 5.91 Å². The molecular formula is C25H22Cl2F4N2O3. The Balaban J connectivity index is 1.80. The minimum atomic E-state index is -4.68. The van der Waals surface area contributed by atoms with Crippen molar-refractivity contribution in [3.8, 4) is 0 Å². The molecule has 192 valence electrons. The highest BCUT2D eigenvalue weighted by Crippen LogP contribution is 2.39. The van der Waals surface area contributed by atoms with Crippen molar-refractivity contribution in [2.24, 2.45) is 0 Å². The van der Waals surface area contributed by atoms with Crippen LogP contribution in [0.1, 0.15) is 42.6 Å². The molecule has 1 aromatic heterocycles. The number of nitrogens with zero attached hydrogens (tertiary/aromatic N) is 1. The molecule has 0 saturated carbocycles. The molecule has 1 N–H and O–H groups in total. The number of ether oxygens (including phenoxy) is 1. The molecule has 1 heterocycles. The van der Waals surface area contributed by atoms with Crippen LogP contribution in [0.3, 0.4) is 0 Å². The second-order valence-electron chi connectivity index (χ2n) is 8.93. The highest BCUT2D eigenvalue weighted by molar-refractivity contribution is 6.35. The summed E-state index contributed by atoms with van der Waals surface area (Å²) in [6, 6.07) is 8.14. The normalized spacial score (nSPS) is 13.2. The van der Waals surface area contributed by atoms with Crippen molar-refractivity contribution >= 4 is 52.2 Å². The van der Waals surface area contributed by atoms with Crippen molar-refractivity contribution < 1.29 is 31.9 Å². The second kappa shape index (κ2) is 10.5. The van der Waals surface area contributed by atoms with Gasteiger partial charge in [0.05, 0.1) is 21.5 Å². The summed E-state index contributed by atoms with van der Waals surface area (Å²) >= 11 is 11.4. The van der Waals surface area contributed by atoms with Gasteiger partial charge in [-0.15, -0.1) is 0 Å². The van der Waals surface area contributed by atoms with Crippen LogP contribution in [0.2, 0.25) is 10.0 Å². The number of aromatic nitrogens is 1. The van der Waals surface area contributed by atoms with Gasteiger partial charge >= 0.3 is 12.3 Å². The van der Waals surface area contributed by atoms with Crippen molar-refractivity contribution in [1.82, 2.24) is 9.88 Å². The number of alkyl halides is 3. The van der Waals surface area contributed by atoms with Gasteiger partial charge < -0.3 is 10.1 Å². The van der Waals surface area contributed by atoms with Gasteiger partial charge in [-0.25, -0.2) is 9.18 Å². The van der Waals surface area contributed by atoms with E-state index in [-0.39, 0.29) is 12.1 Å². The van der Waals surface area contributed by atoms with E-state index < -0.39 is 45.6 Å². The first-order valence-corrected chi connectivity index (χ1v) is 11.4. The summed E-state index contributed by atoms with van der Waals surface area (Å²) in [5.74, 6) is -3.49. The monoisotopic (exact) mass is 544 g/mol. The summed E-state index contributed by atoms with van der Waals surface area (Å²) in [5.41, 5.74) is -0.0661. The van der Waals surface area contributed by atoms with Gasteiger partial charge in [0.2, 0.25) is 0 Å². The molecular weight excluding hydrogens is 523 g/mol. The number of alkyl carbamates (subject to hydrolysis) is 1. The number of rotatable bonds is 5. The fraction of sp³-hybridized carbons (Fsp3) is 0.280. The Labute approximate surface area is 214 Å². The Bertz CT molecular complexity index is 1300. The van der Waals surface area contributed by atoms with Crippen molar-refractivity contribution in [2.45, 2.75) is 38.5 Å². The van der Waals surface area contributed by atoms with Crippen LogP contribution in [0.15, 0.2) is 48.7 Å². The van der Waals surface area contributed by atoms with E-state index in [1.165, 1.54) is 16.8 Å². The molecule has 3 rings (SSSR count). The lowest BCUT2D eigenvalue weighted by molar-refractivity contribution is -0.139.